The molecule has 4 heteroatoms. The molecule has 3 atom stereocenters. The normalized spacial score (nSPS) is 19.6. The van der Waals surface area contributed by atoms with Gasteiger partial charge in [0.1, 0.15) is 0 Å². The average molecular weight is 444 g/mol. The van der Waals surface area contributed by atoms with E-state index in [2.05, 4.69) is 84.5 Å². The van der Waals surface area contributed by atoms with Gasteiger partial charge in [0.05, 0.1) is 0 Å². The molecule has 0 aliphatic carbocycles. The Morgan fingerprint density at radius 2 is 1.62 bits per heavy atom. The second kappa shape index (κ2) is 6.49. The van der Waals surface area contributed by atoms with Crippen LogP contribution in [0.15, 0.2) is 0 Å². The molecule has 80 valence electrons. The van der Waals surface area contributed by atoms with E-state index < -0.39 is 0 Å². The van der Waals surface area contributed by atoms with E-state index in [1.54, 1.807) is 0 Å². The second-order valence-electron chi connectivity index (χ2n) is 4.10. The number of hydrogen-bond acceptors (Lipinski definition) is 0. The topological polar surface area (TPSA) is 0 Å². The third-order valence-corrected chi connectivity index (χ3v) is 8.57. The van der Waals surface area contributed by atoms with E-state index in [0.717, 1.165) is 10.7 Å². The average Bonchev–Trinajstić information content (AvgIpc) is 2.14. The first-order valence-electron chi connectivity index (χ1n) is 4.27. The summed E-state index contributed by atoms with van der Waals surface area (Å²) in [6.45, 7) is 6.76. The highest BCUT2D eigenvalue weighted by Gasteiger charge is 2.33. The fourth-order valence-electron chi connectivity index (χ4n) is 0.878. The Bertz CT molecular complexity index is 147. The Hall–Kier alpha value is 1.92. The van der Waals surface area contributed by atoms with Crippen molar-refractivity contribution in [3.05, 3.63) is 0 Å². The van der Waals surface area contributed by atoms with E-state index in [4.69, 9.17) is 0 Å². The van der Waals surface area contributed by atoms with Gasteiger partial charge in [0, 0.05) is 20.3 Å². The van der Waals surface area contributed by atoms with Crippen molar-refractivity contribution in [2.45, 2.75) is 30.4 Å². The van der Waals surface area contributed by atoms with E-state index in [1.807, 2.05) is 0 Å². The summed E-state index contributed by atoms with van der Waals surface area (Å²) >= 11 is 14.6. The zero-order chi connectivity index (χ0) is 10.6. The van der Waals surface area contributed by atoms with Crippen molar-refractivity contribution in [1.82, 2.24) is 0 Å². The van der Waals surface area contributed by atoms with Gasteiger partial charge in [-0.1, -0.05) is 84.5 Å². The summed E-state index contributed by atoms with van der Waals surface area (Å²) in [5.41, 5.74) is 0.268. The maximum absolute atomic E-state index is 3.77. The lowest BCUT2D eigenvalue weighted by molar-refractivity contribution is 0.381. The number of rotatable bonds is 5. The molecular formula is C9H16Br4. The molecule has 0 aromatic carbocycles. The van der Waals surface area contributed by atoms with Crippen LogP contribution in [0.3, 0.4) is 0 Å². The highest BCUT2D eigenvalue weighted by atomic mass is 79.9. The molecule has 0 amide bonds. The maximum Gasteiger partial charge on any atom is 0.0333 e. The SMILES string of the molecule is CC(CBr)C(Br)C(Br)C(C)(C)CBr. The molecule has 0 N–H and O–H groups in total. The first-order valence-corrected chi connectivity index (χ1v) is 8.34. The third-order valence-electron chi connectivity index (χ3n) is 2.16. The largest absolute Gasteiger partial charge is 0.0925 e. The van der Waals surface area contributed by atoms with Crippen LogP contribution in [0.2, 0.25) is 0 Å². The molecule has 3 unspecified atom stereocenters. The minimum Gasteiger partial charge on any atom is -0.0925 e. The quantitative estimate of drug-likeness (QED) is 0.527. The molecule has 0 bridgehead atoms. The summed E-state index contributed by atoms with van der Waals surface area (Å²) in [6, 6.07) is 0. The summed E-state index contributed by atoms with van der Waals surface area (Å²) in [5, 5.41) is 2.04. The van der Waals surface area contributed by atoms with Crippen LogP contribution >= 0.6 is 63.7 Å². The number of alkyl halides is 4. The summed E-state index contributed by atoms with van der Waals surface area (Å²) in [5.74, 6) is 0.628. The Morgan fingerprint density at radius 1 is 1.15 bits per heavy atom. The monoisotopic (exact) mass is 440 g/mol. The van der Waals surface area contributed by atoms with E-state index in [1.165, 1.54) is 0 Å². The molecular weight excluding hydrogens is 428 g/mol. The Labute approximate surface area is 115 Å². The molecule has 0 heterocycles. The van der Waals surface area contributed by atoms with Crippen LogP contribution in [0.4, 0.5) is 0 Å². The molecule has 0 spiro atoms. The molecule has 13 heavy (non-hydrogen) atoms. The molecule has 0 rings (SSSR count). The molecule has 0 fully saturated rings. The fourth-order valence-corrected chi connectivity index (χ4v) is 4.15. The highest BCUT2D eigenvalue weighted by molar-refractivity contribution is 9.12. The maximum atomic E-state index is 3.77. The zero-order valence-electron chi connectivity index (χ0n) is 8.16. The van der Waals surface area contributed by atoms with Crippen LogP contribution in [0.25, 0.3) is 0 Å². The van der Waals surface area contributed by atoms with Crippen LogP contribution in [0, 0.1) is 11.3 Å². The van der Waals surface area contributed by atoms with Gasteiger partial charge in [-0.3, -0.25) is 0 Å². The van der Waals surface area contributed by atoms with Gasteiger partial charge in [-0.05, 0) is 11.3 Å². The van der Waals surface area contributed by atoms with Crippen LogP contribution in [-0.2, 0) is 0 Å². The van der Waals surface area contributed by atoms with Gasteiger partial charge in [0.2, 0.25) is 0 Å². The lowest BCUT2D eigenvalue weighted by Gasteiger charge is -2.34. The third kappa shape index (κ3) is 4.52. The van der Waals surface area contributed by atoms with Crippen LogP contribution in [0.1, 0.15) is 20.8 Å². The predicted molar refractivity (Wildman–Crippen MR) is 76.0 cm³/mol. The van der Waals surface area contributed by atoms with Crippen LogP contribution in [-0.4, -0.2) is 20.3 Å². The Morgan fingerprint density at radius 3 is 1.92 bits per heavy atom. The van der Waals surface area contributed by atoms with Crippen molar-refractivity contribution in [1.29, 1.82) is 0 Å². The van der Waals surface area contributed by atoms with Gasteiger partial charge < -0.3 is 0 Å². The van der Waals surface area contributed by atoms with Gasteiger partial charge in [-0.15, -0.1) is 0 Å². The zero-order valence-corrected chi connectivity index (χ0v) is 14.5. The van der Waals surface area contributed by atoms with E-state index in [-0.39, 0.29) is 5.41 Å². The lowest BCUT2D eigenvalue weighted by Crippen LogP contribution is -2.36. The van der Waals surface area contributed by atoms with Gasteiger partial charge in [-0.2, -0.15) is 0 Å². The second-order valence-corrected chi connectivity index (χ2v) is 7.35. The molecule has 0 aromatic rings. The van der Waals surface area contributed by atoms with Gasteiger partial charge in [-0.25, -0.2) is 0 Å². The van der Waals surface area contributed by atoms with Gasteiger partial charge in [0.15, 0.2) is 0 Å². The van der Waals surface area contributed by atoms with Crippen LogP contribution < -0.4 is 0 Å². The summed E-state index contributed by atoms with van der Waals surface area (Å²) in [4.78, 5) is 0.978. The van der Waals surface area contributed by atoms with E-state index >= 15 is 0 Å². The smallest absolute Gasteiger partial charge is 0.0333 e. The van der Waals surface area contributed by atoms with E-state index in [9.17, 15) is 0 Å². The minimum absolute atomic E-state index is 0.268. The molecule has 0 aromatic heterocycles. The van der Waals surface area contributed by atoms with Crippen molar-refractivity contribution in [3.8, 4) is 0 Å². The molecule has 0 radical (unpaired) electrons. The molecule has 0 aliphatic heterocycles. The van der Waals surface area contributed by atoms with E-state index in [0.29, 0.717) is 15.6 Å². The van der Waals surface area contributed by atoms with Crippen molar-refractivity contribution in [2.75, 3.05) is 10.7 Å². The summed E-state index contributed by atoms with van der Waals surface area (Å²) < 4.78 is 0. The van der Waals surface area contributed by atoms with Crippen molar-refractivity contribution in [2.24, 2.45) is 11.3 Å². The van der Waals surface area contributed by atoms with Gasteiger partial charge >= 0.3 is 0 Å². The number of halogens is 4. The first kappa shape index (κ1) is 14.9. The summed E-state index contributed by atoms with van der Waals surface area (Å²) in [7, 11) is 0. The molecule has 0 nitrogen and oxygen atoms in total. The summed E-state index contributed by atoms with van der Waals surface area (Å²) in [6.07, 6.45) is 0. The van der Waals surface area contributed by atoms with Gasteiger partial charge in [0.25, 0.3) is 0 Å². The molecule has 0 saturated carbocycles. The predicted octanol–water partition coefficient (Wildman–Crippen LogP) is 4.97. The standard InChI is InChI=1S/C9H16Br4/c1-6(4-10)7(12)8(13)9(2,3)5-11/h6-8H,4-5H2,1-3H3. The molecule has 0 aliphatic rings. The molecule has 0 saturated heterocycles. The fraction of sp³-hybridized carbons (Fsp3) is 1.00. The minimum atomic E-state index is 0.268. The lowest BCUT2D eigenvalue weighted by atomic mass is 9.87. The number of hydrogen-bond donors (Lipinski definition) is 0. The highest BCUT2D eigenvalue weighted by Crippen LogP contribution is 2.37. The first-order chi connectivity index (χ1) is 5.86. The van der Waals surface area contributed by atoms with Crippen molar-refractivity contribution >= 4 is 63.7 Å². The van der Waals surface area contributed by atoms with Crippen molar-refractivity contribution < 1.29 is 0 Å². The van der Waals surface area contributed by atoms with Crippen molar-refractivity contribution in [3.63, 3.8) is 0 Å². The van der Waals surface area contributed by atoms with Crippen LogP contribution in [0.5, 0.6) is 0 Å². The Kier molecular flexibility index (Phi) is 7.45. The Balaban J connectivity index is 4.32.